The van der Waals surface area contributed by atoms with E-state index in [-0.39, 0.29) is 11.7 Å². The first-order chi connectivity index (χ1) is 8.28. The number of nitrogens with two attached hydrogens (primary N) is 1. The van der Waals surface area contributed by atoms with Gasteiger partial charge in [-0.2, -0.15) is 8.78 Å². The van der Waals surface area contributed by atoms with Crippen LogP contribution >= 0.6 is 0 Å². The number of amides is 1. The van der Waals surface area contributed by atoms with Crippen molar-refractivity contribution in [2.75, 3.05) is 6.54 Å². The number of hydrogen-bond donors (Lipinski definition) is 2. The predicted molar refractivity (Wildman–Crippen MR) is 63.7 cm³/mol. The number of carbonyl (C=O) groups excluding carboxylic acids is 1. The molecule has 0 saturated heterocycles. The number of benzene rings is 1. The van der Waals surface area contributed by atoms with Gasteiger partial charge in [-0.15, -0.1) is 0 Å². The molecule has 6 heteroatoms. The molecule has 0 bridgehead atoms. The van der Waals surface area contributed by atoms with Gasteiger partial charge in [-0.3, -0.25) is 4.79 Å². The molecule has 0 aliphatic rings. The van der Waals surface area contributed by atoms with Crippen molar-refractivity contribution < 1.29 is 18.3 Å². The number of nitrogens with one attached hydrogen (secondary N) is 1. The van der Waals surface area contributed by atoms with Gasteiger partial charge >= 0.3 is 6.61 Å². The molecule has 0 unspecified atom stereocenters. The van der Waals surface area contributed by atoms with Crippen LogP contribution in [0, 0.1) is 0 Å². The van der Waals surface area contributed by atoms with Gasteiger partial charge in [0.05, 0.1) is 0 Å². The fraction of sp³-hybridized carbons (Fsp3) is 0.417. The van der Waals surface area contributed by atoms with Gasteiger partial charge in [-0.25, -0.2) is 0 Å². The molecule has 0 atom stereocenters. The first kappa shape index (κ1) is 14.4. The molecule has 0 heterocycles. The van der Waals surface area contributed by atoms with E-state index in [0.717, 1.165) is 0 Å². The Balaban J connectivity index is 2.59. The summed E-state index contributed by atoms with van der Waals surface area (Å²) in [6.07, 6.45) is 0. The third-order valence-electron chi connectivity index (χ3n) is 2.05. The predicted octanol–water partition coefficient (Wildman–Crippen LogP) is 1.76. The summed E-state index contributed by atoms with van der Waals surface area (Å²) in [6.45, 7) is 1.02. The highest BCUT2D eigenvalue weighted by Gasteiger charge is 2.13. The lowest BCUT2D eigenvalue weighted by Gasteiger charge is -2.18. The molecular formula is C12H16F2N2O2. The second-order valence-electron chi connectivity index (χ2n) is 4.57. The molecular weight excluding hydrogens is 242 g/mol. The van der Waals surface area contributed by atoms with Gasteiger partial charge in [-0.1, -0.05) is 0 Å². The van der Waals surface area contributed by atoms with Crippen molar-refractivity contribution in [2.24, 2.45) is 5.73 Å². The van der Waals surface area contributed by atoms with Crippen molar-refractivity contribution in [2.45, 2.75) is 26.0 Å². The van der Waals surface area contributed by atoms with Gasteiger partial charge in [-0.05, 0) is 38.1 Å². The molecule has 0 radical (unpaired) electrons. The third kappa shape index (κ3) is 5.09. The van der Waals surface area contributed by atoms with E-state index in [9.17, 15) is 13.6 Å². The Morgan fingerprint density at radius 3 is 2.39 bits per heavy atom. The Hall–Kier alpha value is -1.69. The van der Waals surface area contributed by atoms with Gasteiger partial charge in [0, 0.05) is 17.6 Å². The quantitative estimate of drug-likeness (QED) is 0.845. The van der Waals surface area contributed by atoms with E-state index in [1.165, 1.54) is 24.3 Å². The first-order valence-electron chi connectivity index (χ1n) is 5.40. The zero-order valence-corrected chi connectivity index (χ0v) is 10.2. The second kappa shape index (κ2) is 5.77. The monoisotopic (exact) mass is 258 g/mol. The Bertz CT molecular complexity index is 400. The zero-order chi connectivity index (χ0) is 13.8. The fourth-order valence-corrected chi connectivity index (χ4v) is 1.20. The third-order valence-corrected chi connectivity index (χ3v) is 2.05. The summed E-state index contributed by atoms with van der Waals surface area (Å²) in [7, 11) is 0. The van der Waals surface area contributed by atoms with Gasteiger partial charge in [0.1, 0.15) is 5.75 Å². The van der Waals surface area contributed by atoms with E-state index in [1.54, 1.807) is 13.8 Å². The summed E-state index contributed by atoms with van der Waals surface area (Å²) in [5.41, 5.74) is 5.58. The number of carbonyl (C=O) groups is 1. The van der Waals surface area contributed by atoms with Crippen molar-refractivity contribution in [1.82, 2.24) is 5.32 Å². The lowest BCUT2D eigenvalue weighted by atomic mass is 10.1. The maximum absolute atomic E-state index is 11.9. The Kier molecular flexibility index (Phi) is 4.61. The molecule has 0 spiro atoms. The van der Waals surface area contributed by atoms with Crippen LogP contribution in [0.1, 0.15) is 24.2 Å². The van der Waals surface area contributed by atoms with Gasteiger partial charge in [0.15, 0.2) is 0 Å². The Morgan fingerprint density at radius 2 is 1.94 bits per heavy atom. The van der Waals surface area contributed by atoms with Crippen LogP contribution in [0.5, 0.6) is 5.75 Å². The molecule has 0 aliphatic heterocycles. The molecule has 1 amide bonds. The van der Waals surface area contributed by atoms with E-state index < -0.39 is 12.2 Å². The molecule has 100 valence electrons. The molecule has 1 aromatic carbocycles. The maximum atomic E-state index is 11.9. The summed E-state index contributed by atoms with van der Waals surface area (Å²) in [4.78, 5) is 11.7. The molecule has 0 aliphatic carbocycles. The topological polar surface area (TPSA) is 64.3 Å². The van der Waals surface area contributed by atoms with Crippen LogP contribution in [0.4, 0.5) is 8.78 Å². The van der Waals surface area contributed by atoms with E-state index in [2.05, 4.69) is 10.1 Å². The summed E-state index contributed by atoms with van der Waals surface area (Å²) >= 11 is 0. The second-order valence-corrected chi connectivity index (χ2v) is 4.57. The van der Waals surface area contributed by atoms with Crippen LogP contribution in [0.2, 0.25) is 0 Å². The summed E-state index contributed by atoms with van der Waals surface area (Å²) < 4.78 is 28.0. The number of hydrogen-bond acceptors (Lipinski definition) is 3. The van der Waals surface area contributed by atoms with Gasteiger partial charge < -0.3 is 15.8 Å². The van der Waals surface area contributed by atoms with Crippen molar-refractivity contribution >= 4 is 5.91 Å². The van der Waals surface area contributed by atoms with Crippen molar-refractivity contribution in [3.8, 4) is 5.75 Å². The lowest BCUT2D eigenvalue weighted by Crippen LogP contribution is -2.45. The van der Waals surface area contributed by atoms with E-state index >= 15 is 0 Å². The van der Waals surface area contributed by atoms with E-state index in [4.69, 9.17) is 5.73 Å². The average Bonchev–Trinajstić information content (AvgIpc) is 2.25. The number of ether oxygens (including phenoxy) is 1. The SMILES string of the molecule is CC(C)(N)CNC(=O)c1ccc(OC(F)F)cc1. The maximum Gasteiger partial charge on any atom is 0.387 e. The normalized spacial score (nSPS) is 11.4. The minimum atomic E-state index is -2.87. The molecule has 1 aromatic rings. The number of alkyl halides is 2. The van der Waals surface area contributed by atoms with Crippen LogP contribution < -0.4 is 15.8 Å². The Labute approximate surface area is 104 Å². The van der Waals surface area contributed by atoms with E-state index in [1.807, 2.05) is 0 Å². The van der Waals surface area contributed by atoms with Crippen LogP contribution in [0.3, 0.4) is 0 Å². The Morgan fingerprint density at radius 1 is 1.39 bits per heavy atom. The molecule has 1 rings (SSSR count). The highest BCUT2D eigenvalue weighted by molar-refractivity contribution is 5.94. The number of rotatable bonds is 5. The van der Waals surface area contributed by atoms with Crippen molar-refractivity contribution in [3.63, 3.8) is 0 Å². The molecule has 0 aromatic heterocycles. The highest BCUT2D eigenvalue weighted by Crippen LogP contribution is 2.14. The smallest absolute Gasteiger partial charge is 0.387 e. The van der Waals surface area contributed by atoms with Gasteiger partial charge in [0.2, 0.25) is 0 Å². The first-order valence-corrected chi connectivity index (χ1v) is 5.40. The lowest BCUT2D eigenvalue weighted by molar-refractivity contribution is -0.0498. The molecule has 3 N–H and O–H groups in total. The summed E-state index contributed by atoms with van der Waals surface area (Å²) in [5, 5.41) is 2.65. The minimum Gasteiger partial charge on any atom is -0.435 e. The van der Waals surface area contributed by atoms with Crippen LogP contribution in [0.25, 0.3) is 0 Å². The van der Waals surface area contributed by atoms with Crippen molar-refractivity contribution in [1.29, 1.82) is 0 Å². The summed E-state index contributed by atoms with van der Waals surface area (Å²) in [6, 6.07) is 5.45. The largest absolute Gasteiger partial charge is 0.435 e. The summed E-state index contributed by atoms with van der Waals surface area (Å²) in [5.74, 6) is -0.294. The van der Waals surface area contributed by atoms with Gasteiger partial charge in [0.25, 0.3) is 5.91 Å². The molecule has 0 saturated carbocycles. The van der Waals surface area contributed by atoms with E-state index in [0.29, 0.717) is 12.1 Å². The fourth-order valence-electron chi connectivity index (χ4n) is 1.20. The van der Waals surface area contributed by atoms with Crippen LogP contribution in [-0.4, -0.2) is 24.6 Å². The van der Waals surface area contributed by atoms with Crippen LogP contribution in [0.15, 0.2) is 24.3 Å². The standard InChI is InChI=1S/C12H16F2N2O2/c1-12(2,15)7-16-10(17)8-3-5-9(6-4-8)18-11(13)14/h3-6,11H,7,15H2,1-2H3,(H,16,17). The van der Waals surface area contributed by atoms with Crippen molar-refractivity contribution in [3.05, 3.63) is 29.8 Å². The highest BCUT2D eigenvalue weighted by atomic mass is 19.3. The minimum absolute atomic E-state index is 0.0145. The zero-order valence-electron chi connectivity index (χ0n) is 10.2. The average molecular weight is 258 g/mol. The van der Waals surface area contributed by atoms with Crippen LogP contribution in [-0.2, 0) is 0 Å². The number of halogens is 2. The molecule has 4 nitrogen and oxygen atoms in total. The molecule has 0 fully saturated rings. The molecule has 18 heavy (non-hydrogen) atoms.